The van der Waals surface area contributed by atoms with E-state index in [1.807, 2.05) is 17.5 Å². The van der Waals surface area contributed by atoms with Crippen LogP contribution in [0.25, 0.3) is 0 Å². The lowest BCUT2D eigenvalue weighted by atomic mass is 10.2. The highest BCUT2D eigenvalue weighted by Gasteiger charge is 2.15. The smallest absolute Gasteiger partial charge is 0.242 e. The number of amides is 1. The number of thiophene rings is 1. The van der Waals surface area contributed by atoms with Crippen molar-refractivity contribution in [2.75, 3.05) is 6.54 Å². The van der Waals surface area contributed by atoms with Gasteiger partial charge in [0.25, 0.3) is 0 Å². The van der Waals surface area contributed by atoms with Gasteiger partial charge in [-0.3, -0.25) is 4.79 Å². The predicted octanol–water partition coefficient (Wildman–Crippen LogP) is 1.62. The molecule has 1 atom stereocenters. The van der Waals surface area contributed by atoms with E-state index in [1.165, 1.54) is 11.3 Å². The summed E-state index contributed by atoms with van der Waals surface area (Å²) in [7, 11) is 0. The van der Waals surface area contributed by atoms with E-state index in [1.54, 1.807) is 0 Å². The molecule has 0 spiro atoms. The molecule has 76 valence electrons. The zero-order valence-electron chi connectivity index (χ0n) is 7.50. The normalized spacial score (nSPS) is 12.1. The Kier molecular flexibility index (Phi) is 4.13. The Morgan fingerprint density at radius 3 is 3.00 bits per heavy atom. The van der Waals surface area contributed by atoms with Crippen LogP contribution in [0.3, 0.4) is 0 Å². The highest BCUT2D eigenvalue weighted by atomic mass is 35.5. The van der Waals surface area contributed by atoms with Crippen LogP contribution >= 0.6 is 22.9 Å². The van der Waals surface area contributed by atoms with Crippen molar-refractivity contribution < 1.29 is 4.79 Å². The molecule has 0 aliphatic carbocycles. The summed E-state index contributed by atoms with van der Waals surface area (Å²) in [4.78, 5) is 12.3. The second-order valence-corrected chi connectivity index (χ2v) is 4.24. The van der Waals surface area contributed by atoms with Gasteiger partial charge in [0.2, 0.25) is 5.91 Å². The van der Waals surface area contributed by atoms with E-state index in [0.717, 1.165) is 4.88 Å². The van der Waals surface area contributed by atoms with Crippen molar-refractivity contribution in [3.63, 3.8) is 0 Å². The monoisotopic (exact) mass is 230 g/mol. The molecule has 0 bridgehead atoms. The van der Waals surface area contributed by atoms with Crippen molar-refractivity contribution in [3.05, 3.63) is 34.0 Å². The second-order valence-electron chi connectivity index (χ2n) is 2.73. The summed E-state index contributed by atoms with van der Waals surface area (Å²) < 4.78 is 0. The Morgan fingerprint density at radius 1 is 1.79 bits per heavy atom. The number of nitrogens with two attached hydrogens (primary N) is 1. The average molecular weight is 231 g/mol. The zero-order valence-corrected chi connectivity index (χ0v) is 9.07. The fraction of sp³-hybridized carbons (Fsp3) is 0.222. The molecule has 0 saturated carbocycles. The van der Waals surface area contributed by atoms with Gasteiger partial charge >= 0.3 is 0 Å². The molecule has 0 radical (unpaired) electrons. The number of carbonyl (C=O) groups excluding carboxylic acids is 1. The first kappa shape index (κ1) is 11.2. The number of rotatable bonds is 4. The van der Waals surface area contributed by atoms with Crippen LogP contribution in [0.2, 0.25) is 0 Å². The summed E-state index contributed by atoms with van der Waals surface area (Å²) in [5.74, 6) is -0.241. The zero-order chi connectivity index (χ0) is 10.6. The highest BCUT2D eigenvalue weighted by molar-refractivity contribution is 7.10. The average Bonchev–Trinajstić information content (AvgIpc) is 2.65. The number of carbonyl (C=O) groups is 1. The van der Waals surface area contributed by atoms with Crippen molar-refractivity contribution in [3.8, 4) is 0 Å². The number of halogens is 1. The van der Waals surface area contributed by atoms with Crippen LogP contribution in [0.15, 0.2) is 29.1 Å². The van der Waals surface area contributed by atoms with Gasteiger partial charge in [0.15, 0.2) is 0 Å². The lowest BCUT2D eigenvalue weighted by Gasteiger charge is -2.09. The van der Waals surface area contributed by atoms with Crippen LogP contribution in [-0.4, -0.2) is 12.5 Å². The molecular formula is C9H11ClN2OS. The predicted molar refractivity (Wildman–Crippen MR) is 59.3 cm³/mol. The van der Waals surface area contributed by atoms with E-state index in [0.29, 0.717) is 5.03 Å². The van der Waals surface area contributed by atoms with Crippen LogP contribution < -0.4 is 11.1 Å². The van der Waals surface area contributed by atoms with E-state index in [-0.39, 0.29) is 12.5 Å². The summed E-state index contributed by atoms with van der Waals surface area (Å²) in [6.07, 6.45) is 0. The third kappa shape index (κ3) is 3.14. The van der Waals surface area contributed by atoms with Gasteiger partial charge < -0.3 is 11.1 Å². The van der Waals surface area contributed by atoms with Crippen LogP contribution in [0, 0.1) is 0 Å². The fourth-order valence-corrected chi connectivity index (χ4v) is 1.68. The Balaban J connectivity index is 2.49. The molecule has 14 heavy (non-hydrogen) atoms. The topological polar surface area (TPSA) is 55.1 Å². The van der Waals surface area contributed by atoms with E-state index < -0.39 is 6.04 Å². The summed E-state index contributed by atoms with van der Waals surface area (Å²) in [5.41, 5.74) is 5.69. The first-order chi connectivity index (χ1) is 6.61. The van der Waals surface area contributed by atoms with Crippen LogP contribution in [0.4, 0.5) is 0 Å². The van der Waals surface area contributed by atoms with Crippen molar-refractivity contribution in [1.82, 2.24) is 5.32 Å². The highest BCUT2D eigenvalue weighted by Crippen LogP contribution is 2.16. The molecule has 3 nitrogen and oxygen atoms in total. The lowest BCUT2D eigenvalue weighted by Crippen LogP contribution is -2.34. The second kappa shape index (κ2) is 5.14. The largest absolute Gasteiger partial charge is 0.349 e. The van der Waals surface area contributed by atoms with E-state index in [9.17, 15) is 4.79 Å². The summed E-state index contributed by atoms with van der Waals surface area (Å²) in [6, 6.07) is 3.06. The maximum absolute atomic E-state index is 11.4. The minimum absolute atomic E-state index is 0.241. The number of hydrogen-bond acceptors (Lipinski definition) is 3. The fourth-order valence-electron chi connectivity index (χ4n) is 0.890. The molecule has 3 N–H and O–H groups in total. The molecule has 1 aromatic heterocycles. The summed E-state index contributed by atoms with van der Waals surface area (Å²) >= 11 is 6.96. The van der Waals surface area contributed by atoms with Crippen molar-refractivity contribution in [2.45, 2.75) is 6.04 Å². The molecule has 5 heteroatoms. The molecule has 1 heterocycles. The van der Waals surface area contributed by atoms with E-state index >= 15 is 0 Å². The molecular weight excluding hydrogens is 220 g/mol. The van der Waals surface area contributed by atoms with Gasteiger partial charge in [-0.15, -0.1) is 11.3 Å². The van der Waals surface area contributed by atoms with E-state index in [4.69, 9.17) is 17.3 Å². The number of nitrogens with one attached hydrogen (secondary N) is 1. The number of hydrogen-bond donors (Lipinski definition) is 2. The SMILES string of the molecule is C=C(Cl)CNC(=O)C(N)c1cccs1. The molecule has 0 aromatic carbocycles. The van der Waals surface area contributed by atoms with Crippen molar-refractivity contribution in [1.29, 1.82) is 0 Å². The molecule has 1 amide bonds. The maximum atomic E-state index is 11.4. The molecule has 1 unspecified atom stereocenters. The van der Waals surface area contributed by atoms with Gasteiger partial charge in [-0.2, -0.15) is 0 Å². The Bertz CT molecular complexity index is 324. The lowest BCUT2D eigenvalue weighted by molar-refractivity contribution is -0.122. The maximum Gasteiger partial charge on any atom is 0.242 e. The standard InChI is InChI=1S/C9H11ClN2OS/c1-6(10)5-12-9(13)8(11)7-3-2-4-14-7/h2-4,8H,1,5,11H2,(H,12,13). The van der Waals surface area contributed by atoms with Crippen molar-refractivity contribution in [2.24, 2.45) is 5.73 Å². The molecule has 1 aromatic rings. The van der Waals surface area contributed by atoms with Crippen LogP contribution in [-0.2, 0) is 4.79 Å². The quantitative estimate of drug-likeness (QED) is 0.826. The van der Waals surface area contributed by atoms with Gasteiger partial charge in [-0.05, 0) is 11.4 Å². The minimum Gasteiger partial charge on any atom is -0.349 e. The molecule has 0 aliphatic heterocycles. The Labute approximate surface area is 91.6 Å². The first-order valence-electron chi connectivity index (χ1n) is 4.01. The van der Waals surface area contributed by atoms with Gasteiger partial charge in [-0.1, -0.05) is 24.2 Å². The van der Waals surface area contributed by atoms with Crippen LogP contribution in [0.1, 0.15) is 10.9 Å². The van der Waals surface area contributed by atoms with Crippen LogP contribution in [0.5, 0.6) is 0 Å². The summed E-state index contributed by atoms with van der Waals surface area (Å²) in [5, 5.41) is 4.85. The molecule has 0 saturated heterocycles. The Morgan fingerprint density at radius 2 is 2.50 bits per heavy atom. The summed E-state index contributed by atoms with van der Waals surface area (Å²) in [6.45, 7) is 3.71. The Hall–Kier alpha value is -0.840. The minimum atomic E-state index is -0.619. The molecule has 0 aliphatic rings. The van der Waals surface area contributed by atoms with Gasteiger partial charge in [0, 0.05) is 9.91 Å². The van der Waals surface area contributed by atoms with Gasteiger partial charge in [0.1, 0.15) is 6.04 Å². The molecule has 1 rings (SSSR count). The van der Waals surface area contributed by atoms with Crippen molar-refractivity contribution >= 4 is 28.8 Å². The van der Waals surface area contributed by atoms with Gasteiger partial charge in [0.05, 0.1) is 6.54 Å². The first-order valence-corrected chi connectivity index (χ1v) is 5.27. The van der Waals surface area contributed by atoms with E-state index in [2.05, 4.69) is 11.9 Å². The van der Waals surface area contributed by atoms with Gasteiger partial charge in [-0.25, -0.2) is 0 Å². The molecule has 0 fully saturated rings. The third-order valence-electron chi connectivity index (χ3n) is 1.59. The third-order valence-corrected chi connectivity index (χ3v) is 2.68.